The summed E-state index contributed by atoms with van der Waals surface area (Å²) < 4.78 is 4.88. The SMILES string of the molecule is CCOC(=O)C1CCNC1C(C)=O. The molecule has 0 aliphatic carbocycles. The van der Waals surface area contributed by atoms with Gasteiger partial charge in [0.15, 0.2) is 0 Å². The number of carbonyl (C=O) groups is 2. The number of ether oxygens (including phenoxy) is 1. The summed E-state index contributed by atoms with van der Waals surface area (Å²) in [5, 5.41) is 3.00. The molecule has 0 aromatic heterocycles. The van der Waals surface area contributed by atoms with E-state index in [9.17, 15) is 9.59 Å². The average Bonchev–Trinajstić information content (AvgIpc) is 2.52. The molecule has 4 nitrogen and oxygen atoms in total. The van der Waals surface area contributed by atoms with E-state index in [1.807, 2.05) is 0 Å². The highest BCUT2D eigenvalue weighted by Gasteiger charge is 2.36. The summed E-state index contributed by atoms with van der Waals surface area (Å²) >= 11 is 0. The topological polar surface area (TPSA) is 55.4 Å². The van der Waals surface area contributed by atoms with Crippen LogP contribution in [0.5, 0.6) is 0 Å². The van der Waals surface area contributed by atoms with Gasteiger partial charge < -0.3 is 10.1 Å². The minimum Gasteiger partial charge on any atom is -0.466 e. The number of nitrogens with one attached hydrogen (secondary N) is 1. The minimum atomic E-state index is -0.334. The van der Waals surface area contributed by atoms with Crippen LogP contribution in [0.2, 0.25) is 0 Å². The molecule has 1 rings (SSSR count). The Morgan fingerprint density at radius 1 is 1.54 bits per heavy atom. The molecule has 0 amide bonds. The molecule has 1 fully saturated rings. The molecule has 0 aromatic rings. The van der Waals surface area contributed by atoms with E-state index in [0.717, 1.165) is 0 Å². The van der Waals surface area contributed by atoms with Crippen LogP contribution in [0.4, 0.5) is 0 Å². The zero-order chi connectivity index (χ0) is 9.84. The van der Waals surface area contributed by atoms with Crippen molar-refractivity contribution in [2.24, 2.45) is 5.92 Å². The van der Waals surface area contributed by atoms with E-state index in [-0.39, 0.29) is 23.7 Å². The van der Waals surface area contributed by atoms with Gasteiger partial charge in [-0.15, -0.1) is 0 Å². The molecule has 1 heterocycles. The van der Waals surface area contributed by atoms with Gasteiger partial charge >= 0.3 is 5.97 Å². The van der Waals surface area contributed by atoms with Gasteiger partial charge in [0.05, 0.1) is 18.6 Å². The predicted molar refractivity (Wildman–Crippen MR) is 47.2 cm³/mol. The predicted octanol–water partition coefficient (Wildman–Crippen LogP) is 0.117. The van der Waals surface area contributed by atoms with E-state index in [2.05, 4.69) is 5.32 Å². The summed E-state index contributed by atoms with van der Waals surface area (Å²) in [6, 6.07) is -0.334. The van der Waals surface area contributed by atoms with E-state index in [1.54, 1.807) is 6.92 Å². The van der Waals surface area contributed by atoms with Crippen molar-refractivity contribution in [1.29, 1.82) is 0 Å². The largest absolute Gasteiger partial charge is 0.466 e. The van der Waals surface area contributed by atoms with Crippen LogP contribution in [0.25, 0.3) is 0 Å². The summed E-state index contributed by atoms with van der Waals surface area (Å²) in [5.74, 6) is -0.527. The second-order valence-electron chi connectivity index (χ2n) is 3.19. The smallest absolute Gasteiger partial charge is 0.311 e. The highest BCUT2D eigenvalue weighted by atomic mass is 16.5. The maximum Gasteiger partial charge on any atom is 0.311 e. The van der Waals surface area contributed by atoms with Crippen molar-refractivity contribution in [1.82, 2.24) is 5.32 Å². The van der Waals surface area contributed by atoms with Crippen molar-refractivity contribution in [3.05, 3.63) is 0 Å². The fraction of sp³-hybridized carbons (Fsp3) is 0.778. The fourth-order valence-electron chi connectivity index (χ4n) is 1.63. The third-order valence-electron chi connectivity index (χ3n) is 2.25. The van der Waals surface area contributed by atoms with Gasteiger partial charge in [-0.05, 0) is 26.8 Å². The minimum absolute atomic E-state index is 0.00977. The third-order valence-corrected chi connectivity index (χ3v) is 2.25. The number of rotatable bonds is 3. The zero-order valence-electron chi connectivity index (χ0n) is 8.00. The molecule has 0 aromatic carbocycles. The Morgan fingerprint density at radius 2 is 2.23 bits per heavy atom. The van der Waals surface area contributed by atoms with E-state index in [4.69, 9.17) is 4.74 Å². The van der Waals surface area contributed by atoms with Crippen LogP contribution in [0.15, 0.2) is 0 Å². The molecule has 1 aliphatic heterocycles. The highest BCUT2D eigenvalue weighted by Crippen LogP contribution is 2.17. The Balaban J connectivity index is 2.57. The maximum absolute atomic E-state index is 11.3. The van der Waals surface area contributed by atoms with Gasteiger partial charge in [0, 0.05) is 0 Å². The molecule has 4 heteroatoms. The first-order valence-corrected chi connectivity index (χ1v) is 4.57. The molecule has 1 saturated heterocycles. The van der Waals surface area contributed by atoms with Crippen LogP contribution >= 0.6 is 0 Å². The lowest BCUT2D eigenvalue weighted by Crippen LogP contribution is -2.38. The van der Waals surface area contributed by atoms with Gasteiger partial charge in [-0.25, -0.2) is 0 Å². The van der Waals surface area contributed by atoms with E-state index >= 15 is 0 Å². The lowest BCUT2D eigenvalue weighted by atomic mass is 9.98. The van der Waals surface area contributed by atoms with Gasteiger partial charge in [0.25, 0.3) is 0 Å². The van der Waals surface area contributed by atoms with Crippen molar-refractivity contribution in [3.8, 4) is 0 Å². The molecule has 0 spiro atoms. The standard InChI is InChI=1S/C9H15NO3/c1-3-13-9(12)7-4-5-10-8(7)6(2)11/h7-8,10H,3-5H2,1-2H3. The monoisotopic (exact) mass is 185 g/mol. The molecule has 2 atom stereocenters. The molecule has 1 N–H and O–H groups in total. The number of carbonyl (C=O) groups excluding carboxylic acids is 2. The van der Waals surface area contributed by atoms with Crippen molar-refractivity contribution < 1.29 is 14.3 Å². The first-order valence-electron chi connectivity index (χ1n) is 4.57. The second kappa shape index (κ2) is 4.37. The lowest BCUT2D eigenvalue weighted by Gasteiger charge is -2.14. The summed E-state index contributed by atoms with van der Waals surface area (Å²) in [5.41, 5.74) is 0. The summed E-state index contributed by atoms with van der Waals surface area (Å²) in [7, 11) is 0. The molecule has 74 valence electrons. The van der Waals surface area contributed by atoms with E-state index < -0.39 is 0 Å². The van der Waals surface area contributed by atoms with Crippen molar-refractivity contribution in [2.45, 2.75) is 26.3 Å². The summed E-state index contributed by atoms with van der Waals surface area (Å²) in [6.45, 7) is 4.35. The Bertz CT molecular complexity index is 215. The van der Waals surface area contributed by atoms with Crippen LogP contribution in [-0.2, 0) is 14.3 Å². The number of hydrogen-bond acceptors (Lipinski definition) is 4. The molecule has 0 saturated carbocycles. The first kappa shape index (κ1) is 10.2. The van der Waals surface area contributed by atoms with Gasteiger partial charge in [-0.1, -0.05) is 0 Å². The average molecular weight is 185 g/mol. The van der Waals surface area contributed by atoms with Gasteiger partial charge in [0.1, 0.15) is 5.78 Å². The molecular weight excluding hydrogens is 170 g/mol. The number of ketones is 1. The fourth-order valence-corrected chi connectivity index (χ4v) is 1.63. The number of hydrogen-bond donors (Lipinski definition) is 1. The zero-order valence-corrected chi connectivity index (χ0v) is 8.00. The van der Waals surface area contributed by atoms with Crippen molar-refractivity contribution in [3.63, 3.8) is 0 Å². The third kappa shape index (κ3) is 2.28. The Labute approximate surface area is 77.6 Å². The van der Waals surface area contributed by atoms with Crippen LogP contribution in [-0.4, -0.2) is 30.9 Å². The number of Topliss-reactive ketones (excluding diaryl/α,β-unsaturated/α-hetero) is 1. The Hall–Kier alpha value is -0.900. The van der Waals surface area contributed by atoms with Crippen LogP contribution in [0.1, 0.15) is 20.3 Å². The normalized spacial score (nSPS) is 27.2. The lowest BCUT2D eigenvalue weighted by molar-refractivity contribution is -0.149. The van der Waals surface area contributed by atoms with Crippen LogP contribution < -0.4 is 5.32 Å². The van der Waals surface area contributed by atoms with Gasteiger partial charge in [-0.2, -0.15) is 0 Å². The van der Waals surface area contributed by atoms with Crippen molar-refractivity contribution >= 4 is 11.8 Å². The second-order valence-corrected chi connectivity index (χ2v) is 3.19. The summed E-state index contributed by atoms with van der Waals surface area (Å²) in [6.07, 6.45) is 0.698. The molecule has 0 bridgehead atoms. The van der Waals surface area contributed by atoms with Crippen LogP contribution in [0, 0.1) is 5.92 Å². The molecule has 0 radical (unpaired) electrons. The summed E-state index contributed by atoms with van der Waals surface area (Å²) in [4.78, 5) is 22.4. The van der Waals surface area contributed by atoms with Gasteiger partial charge in [0.2, 0.25) is 0 Å². The molecule has 1 aliphatic rings. The van der Waals surface area contributed by atoms with E-state index in [1.165, 1.54) is 6.92 Å². The molecular formula is C9H15NO3. The Morgan fingerprint density at radius 3 is 2.77 bits per heavy atom. The Kier molecular flexibility index (Phi) is 3.42. The highest BCUT2D eigenvalue weighted by molar-refractivity contribution is 5.88. The first-order chi connectivity index (χ1) is 6.16. The van der Waals surface area contributed by atoms with Crippen LogP contribution in [0.3, 0.4) is 0 Å². The van der Waals surface area contributed by atoms with Gasteiger partial charge in [-0.3, -0.25) is 9.59 Å². The quantitative estimate of drug-likeness (QED) is 0.634. The van der Waals surface area contributed by atoms with Crippen molar-refractivity contribution in [2.75, 3.05) is 13.2 Å². The molecule has 13 heavy (non-hydrogen) atoms. The number of esters is 1. The molecule has 2 unspecified atom stereocenters. The maximum atomic E-state index is 11.3. The van der Waals surface area contributed by atoms with E-state index in [0.29, 0.717) is 19.6 Å².